The maximum Gasteiger partial charge on any atom is 0.216 e. The van der Waals surface area contributed by atoms with Crippen molar-refractivity contribution in [3.63, 3.8) is 0 Å². The molecule has 1 rings (SSSR count). The Balaban J connectivity index is 2.65. The van der Waals surface area contributed by atoms with Crippen LogP contribution in [-0.4, -0.2) is 40.3 Å². The molecule has 1 atom stereocenters. The van der Waals surface area contributed by atoms with Crippen LogP contribution in [0.15, 0.2) is 30.3 Å². The van der Waals surface area contributed by atoms with E-state index in [-0.39, 0.29) is 6.61 Å². The Kier molecular flexibility index (Phi) is 6.45. The quantitative estimate of drug-likeness (QED) is 0.742. The van der Waals surface area contributed by atoms with Crippen LogP contribution >= 0.6 is 0 Å². The SMILES string of the molecule is CC(C)(C)OC(O)N(CCCO)Cc1ccccc1. The summed E-state index contributed by atoms with van der Waals surface area (Å²) >= 11 is 0. The first-order valence-corrected chi connectivity index (χ1v) is 6.67. The molecule has 1 unspecified atom stereocenters. The molecule has 0 aromatic heterocycles. The summed E-state index contributed by atoms with van der Waals surface area (Å²) in [5.74, 6) is 0. The maximum atomic E-state index is 10.2. The number of ether oxygens (including phenoxy) is 1. The molecule has 108 valence electrons. The fourth-order valence-corrected chi connectivity index (χ4v) is 1.75. The molecular formula is C15H25NO3. The zero-order valence-electron chi connectivity index (χ0n) is 12.0. The number of aliphatic hydroxyl groups excluding tert-OH is 2. The summed E-state index contributed by atoms with van der Waals surface area (Å²) in [7, 11) is 0. The molecule has 0 bridgehead atoms. The predicted octanol–water partition coefficient (Wildman–Crippen LogP) is 1.96. The number of benzene rings is 1. The standard InChI is InChI=1S/C15H25NO3/c1-15(2,3)19-14(18)16(10-7-11-17)12-13-8-5-4-6-9-13/h4-6,8-9,14,17-18H,7,10-12H2,1-3H3. The second kappa shape index (κ2) is 7.60. The van der Waals surface area contributed by atoms with Crippen molar-refractivity contribution in [2.45, 2.75) is 45.8 Å². The van der Waals surface area contributed by atoms with Crippen LogP contribution in [-0.2, 0) is 11.3 Å². The van der Waals surface area contributed by atoms with Crippen molar-refractivity contribution in [1.29, 1.82) is 0 Å². The molecule has 0 radical (unpaired) electrons. The maximum absolute atomic E-state index is 10.2. The van der Waals surface area contributed by atoms with Crippen LogP contribution in [0.5, 0.6) is 0 Å². The van der Waals surface area contributed by atoms with Crippen LogP contribution in [0.25, 0.3) is 0 Å². The van der Waals surface area contributed by atoms with Gasteiger partial charge >= 0.3 is 0 Å². The van der Waals surface area contributed by atoms with Gasteiger partial charge in [0.05, 0.1) is 5.60 Å². The molecule has 0 amide bonds. The summed E-state index contributed by atoms with van der Waals surface area (Å²) in [5.41, 5.74) is 0.699. The van der Waals surface area contributed by atoms with Gasteiger partial charge in [0.15, 0.2) is 0 Å². The van der Waals surface area contributed by atoms with Crippen LogP contribution in [0, 0.1) is 0 Å². The van der Waals surface area contributed by atoms with Crippen molar-refractivity contribution in [3.8, 4) is 0 Å². The highest BCUT2D eigenvalue weighted by molar-refractivity contribution is 5.14. The highest BCUT2D eigenvalue weighted by Crippen LogP contribution is 2.15. The lowest BCUT2D eigenvalue weighted by Crippen LogP contribution is -2.42. The molecule has 1 aromatic carbocycles. The predicted molar refractivity (Wildman–Crippen MR) is 75.4 cm³/mol. The van der Waals surface area contributed by atoms with Crippen LogP contribution in [0.3, 0.4) is 0 Å². The second-order valence-electron chi connectivity index (χ2n) is 5.59. The number of hydrogen-bond acceptors (Lipinski definition) is 4. The lowest BCUT2D eigenvalue weighted by Gasteiger charge is -2.32. The molecule has 1 aromatic rings. The number of nitrogens with zero attached hydrogens (tertiary/aromatic N) is 1. The van der Waals surface area contributed by atoms with Gasteiger partial charge in [-0.2, -0.15) is 0 Å². The summed E-state index contributed by atoms with van der Waals surface area (Å²) < 4.78 is 5.57. The molecule has 0 aliphatic carbocycles. The average molecular weight is 267 g/mol. The topological polar surface area (TPSA) is 52.9 Å². The summed E-state index contributed by atoms with van der Waals surface area (Å²) in [5, 5.41) is 19.1. The summed E-state index contributed by atoms with van der Waals surface area (Å²) in [6, 6.07) is 9.92. The third-order valence-corrected chi connectivity index (χ3v) is 2.60. The molecule has 4 heteroatoms. The van der Waals surface area contributed by atoms with Gasteiger partial charge in [0.1, 0.15) is 0 Å². The molecule has 0 aliphatic rings. The number of hydrogen-bond donors (Lipinski definition) is 2. The van der Waals surface area contributed by atoms with Crippen molar-refractivity contribution in [2.75, 3.05) is 13.2 Å². The van der Waals surface area contributed by atoms with E-state index in [4.69, 9.17) is 9.84 Å². The Morgan fingerprint density at radius 3 is 2.37 bits per heavy atom. The van der Waals surface area contributed by atoms with E-state index < -0.39 is 12.0 Å². The first-order valence-electron chi connectivity index (χ1n) is 6.67. The highest BCUT2D eigenvalue weighted by atomic mass is 16.6. The van der Waals surface area contributed by atoms with Crippen LogP contribution < -0.4 is 0 Å². The van der Waals surface area contributed by atoms with Gasteiger partial charge in [0, 0.05) is 19.7 Å². The third-order valence-electron chi connectivity index (χ3n) is 2.60. The van der Waals surface area contributed by atoms with Gasteiger partial charge in [-0.1, -0.05) is 30.3 Å². The average Bonchev–Trinajstić information content (AvgIpc) is 2.33. The molecule has 0 aliphatic heterocycles. The normalized spacial score (nSPS) is 13.8. The van der Waals surface area contributed by atoms with E-state index in [1.807, 2.05) is 56.0 Å². The third kappa shape index (κ3) is 6.68. The molecule has 0 saturated heterocycles. The van der Waals surface area contributed by atoms with Crippen LogP contribution in [0.1, 0.15) is 32.8 Å². The van der Waals surface area contributed by atoms with Crippen LogP contribution in [0.4, 0.5) is 0 Å². The number of aliphatic hydroxyl groups is 2. The van der Waals surface area contributed by atoms with Gasteiger partial charge in [-0.05, 0) is 32.8 Å². The fourth-order valence-electron chi connectivity index (χ4n) is 1.75. The number of rotatable bonds is 7. The monoisotopic (exact) mass is 267 g/mol. The summed E-state index contributed by atoms with van der Waals surface area (Å²) in [6.07, 6.45) is -0.357. The smallest absolute Gasteiger partial charge is 0.216 e. The van der Waals surface area contributed by atoms with Gasteiger partial charge in [0.25, 0.3) is 0 Å². The van der Waals surface area contributed by atoms with Crippen molar-refractivity contribution >= 4 is 0 Å². The minimum absolute atomic E-state index is 0.105. The largest absolute Gasteiger partial charge is 0.396 e. The van der Waals surface area contributed by atoms with E-state index in [1.165, 1.54) is 0 Å². The Morgan fingerprint density at radius 2 is 1.84 bits per heavy atom. The second-order valence-corrected chi connectivity index (χ2v) is 5.59. The van der Waals surface area contributed by atoms with Crippen molar-refractivity contribution in [3.05, 3.63) is 35.9 Å². The zero-order valence-corrected chi connectivity index (χ0v) is 12.0. The van der Waals surface area contributed by atoms with Gasteiger partial charge in [-0.15, -0.1) is 0 Å². The van der Waals surface area contributed by atoms with E-state index >= 15 is 0 Å². The summed E-state index contributed by atoms with van der Waals surface area (Å²) in [6.45, 7) is 7.00. The van der Waals surface area contributed by atoms with Crippen molar-refractivity contribution in [1.82, 2.24) is 4.90 Å². The van der Waals surface area contributed by atoms with Gasteiger partial charge in [0.2, 0.25) is 6.41 Å². The van der Waals surface area contributed by atoms with E-state index in [0.717, 1.165) is 5.56 Å². The first-order chi connectivity index (χ1) is 8.92. The molecular weight excluding hydrogens is 242 g/mol. The van der Waals surface area contributed by atoms with Gasteiger partial charge < -0.3 is 14.9 Å². The minimum atomic E-state index is -0.966. The summed E-state index contributed by atoms with van der Waals surface area (Å²) in [4.78, 5) is 1.82. The molecule has 4 nitrogen and oxygen atoms in total. The zero-order chi connectivity index (χ0) is 14.3. The molecule has 0 fully saturated rings. The molecule has 0 spiro atoms. The van der Waals surface area contributed by atoms with E-state index in [2.05, 4.69) is 0 Å². The van der Waals surface area contributed by atoms with Crippen molar-refractivity contribution in [2.24, 2.45) is 0 Å². The van der Waals surface area contributed by atoms with Gasteiger partial charge in [-0.3, -0.25) is 4.90 Å². The van der Waals surface area contributed by atoms with E-state index in [9.17, 15) is 5.11 Å². The lowest BCUT2D eigenvalue weighted by atomic mass is 10.2. The Bertz CT molecular complexity index is 348. The first kappa shape index (κ1) is 16.1. The highest BCUT2D eigenvalue weighted by Gasteiger charge is 2.22. The Morgan fingerprint density at radius 1 is 1.21 bits per heavy atom. The minimum Gasteiger partial charge on any atom is -0.396 e. The Hall–Kier alpha value is -0.940. The fraction of sp³-hybridized carbons (Fsp3) is 0.600. The van der Waals surface area contributed by atoms with Crippen molar-refractivity contribution < 1.29 is 14.9 Å². The van der Waals surface area contributed by atoms with Crippen LogP contribution in [0.2, 0.25) is 0 Å². The molecule has 0 heterocycles. The Labute approximate surface area is 115 Å². The van der Waals surface area contributed by atoms with Gasteiger partial charge in [-0.25, -0.2) is 0 Å². The molecule has 19 heavy (non-hydrogen) atoms. The molecule has 2 N–H and O–H groups in total. The molecule has 0 saturated carbocycles. The van der Waals surface area contributed by atoms with E-state index in [1.54, 1.807) is 0 Å². The lowest BCUT2D eigenvalue weighted by molar-refractivity contribution is -0.242. The van der Waals surface area contributed by atoms with E-state index in [0.29, 0.717) is 19.5 Å².